The smallest absolute Gasteiger partial charge is 0.228 e. The summed E-state index contributed by atoms with van der Waals surface area (Å²) < 4.78 is 2.26. The number of anilines is 1. The minimum Gasteiger partial charge on any atom is -0.334 e. The van der Waals surface area contributed by atoms with Gasteiger partial charge in [-0.3, -0.25) is 4.79 Å². The molecule has 128 valence electrons. The van der Waals surface area contributed by atoms with Crippen molar-refractivity contribution in [2.24, 2.45) is 17.8 Å². The maximum atomic E-state index is 12.8. The number of nitrogens with one attached hydrogen (secondary N) is 1. The molecule has 4 nitrogen and oxygen atoms in total. The van der Waals surface area contributed by atoms with Crippen molar-refractivity contribution in [1.29, 1.82) is 0 Å². The van der Waals surface area contributed by atoms with Gasteiger partial charge in [-0.2, -0.15) is 0 Å². The highest BCUT2D eigenvalue weighted by molar-refractivity contribution is 5.97. The lowest BCUT2D eigenvalue weighted by atomic mass is 9.92. The van der Waals surface area contributed by atoms with Crippen molar-refractivity contribution >= 4 is 11.6 Å². The molecule has 1 aliphatic heterocycles. The second-order valence-electron chi connectivity index (χ2n) is 7.61. The van der Waals surface area contributed by atoms with Crippen LogP contribution in [0.1, 0.15) is 31.5 Å². The van der Waals surface area contributed by atoms with E-state index < -0.39 is 0 Å². The number of allylic oxidation sites excluding steroid dienone is 2. The fourth-order valence-electron chi connectivity index (χ4n) is 4.67. The molecule has 0 spiro atoms. The van der Waals surface area contributed by atoms with Crippen molar-refractivity contribution in [2.45, 2.75) is 38.6 Å². The fourth-order valence-corrected chi connectivity index (χ4v) is 4.67. The monoisotopic (exact) mass is 333 g/mol. The van der Waals surface area contributed by atoms with E-state index in [1.54, 1.807) is 0 Å². The molecule has 0 saturated heterocycles. The van der Waals surface area contributed by atoms with Gasteiger partial charge in [0, 0.05) is 30.6 Å². The Morgan fingerprint density at radius 1 is 1.16 bits per heavy atom. The number of amides is 1. The predicted molar refractivity (Wildman–Crippen MR) is 98.1 cm³/mol. The first-order chi connectivity index (χ1) is 12.3. The van der Waals surface area contributed by atoms with Gasteiger partial charge in [-0.25, -0.2) is 4.98 Å². The number of fused-ring (bicyclic) bond motifs is 3. The van der Waals surface area contributed by atoms with Crippen molar-refractivity contribution in [2.75, 3.05) is 5.32 Å². The van der Waals surface area contributed by atoms with E-state index in [0.29, 0.717) is 11.8 Å². The third-order valence-electron chi connectivity index (χ3n) is 5.99. The van der Waals surface area contributed by atoms with Crippen molar-refractivity contribution < 1.29 is 4.79 Å². The van der Waals surface area contributed by atoms with Crippen LogP contribution in [0.5, 0.6) is 0 Å². The summed E-state index contributed by atoms with van der Waals surface area (Å²) in [6.07, 6.45) is 12.3. The highest BCUT2D eigenvalue weighted by Gasteiger charge is 2.39. The number of hydrogen-bond acceptors (Lipinski definition) is 2. The van der Waals surface area contributed by atoms with E-state index >= 15 is 0 Å². The van der Waals surface area contributed by atoms with Gasteiger partial charge >= 0.3 is 0 Å². The summed E-state index contributed by atoms with van der Waals surface area (Å²) in [5.74, 6) is 2.49. The van der Waals surface area contributed by atoms with Crippen LogP contribution in [-0.2, 0) is 17.8 Å². The van der Waals surface area contributed by atoms with Crippen molar-refractivity contribution in [3.8, 4) is 11.3 Å². The van der Waals surface area contributed by atoms with Gasteiger partial charge < -0.3 is 9.88 Å². The van der Waals surface area contributed by atoms with Crippen LogP contribution < -0.4 is 5.32 Å². The molecular formula is C21H23N3O. The average Bonchev–Trinajstić information content (AvgIpc) is 3.36. The number of para-hydroxylation sites is 1. The highest BCUT2D eigenvalue weighted by atomic mass is 16.1. The Morgan fingerprint density at radius 3 is 2.88 bits per heavy atom. The van der Waals surface area contributed by atoms with Crippen LogP contribution in [-0.4, -0.2) is 15.5 Å². The Labute approximate surface area is 148 Å². The first-order valence-corrected chi connectivity index (χ1v) is 9.42. The minimum absolute atomic E-state index is 0.123. The van der Waals surface area contributed by atoms with Gasteiger partial charge in [0.2, 0.25) is 5.91 Å². The third kappa shape index (κ3) is 2.60. The minimum atomic E-state index is 0.123. The van der Waals surface area contributed by atoms with Gasteiger partial charge in [0.1, 0.15) is 5.82 Å². The molecule has 2 aromatic rings. The average molecular weight is 333 g/mol. The van der Waals surface area contributed by atoms with Crippen molar-refractivity contribution in [3.05, 3.63) is 48.4 Å². The lowest BCUT2D eigenvalue weighted by Crippen LogP contribution is -2.26. The molecule has 1 aromatic carbocycles. The van der Waals surface area contributed by atoms with Crippen LogP contribution >= 0.6 is 0 Å². The molecule has 2 heterocycles. The highest BCUT2D eigenvalue weighted by Crippen LogP contribution is 2.44. The normalized spacial score (nSPS) is 26.6. The molecule has 25 heavy (non-hydrogen) atoms. The Bertz CT molecular complexity index is 827. The van der Waals surface area contributed by atoms with Gasteiger partial charge in [-0.1, -0.05) is 30.4 Å². The first-order valence-electron chi connectivity index (χ1n) is 9.42. The first kappa shape index (κ1) is 14.9. The number of carbonyl (C=O) groups is 1. The summed E-state index contributed by atoms with van der Waals surface area (Å²) in [6, 6.07) is 8.05. The molecule has 1 amide bonds. The zero-order valence-corrected chi connectivity index (χ0v) is 14.3. The van der Waals surface area contributed by atoms with E-state index in [4.69, 9.17) is 4.98 Å². The SMILES string of the molecule is O=C(Nc1ccccc1-c1cn2c(n1)CCCC2)C1CC2C=CC1C2. The van der Waals surface area contributed by atoms with E-state index in [9.17, 15) is 4.79 Å². The number of hydrogen-bond donors (Lipinski definition) is 1. The van der Waals surface area contributed by atoms with Gasteiger partial charge in [0.25, 0.3) is 0 Å². The molecule has 1 N–H and O–H groups in total. The Hall–Kier alpha value is -2.36. The summed E-state index contributed by atoms with van der Waals surface area (Å²) in [7, 11) is 0. The standard InChI is InChI=1S/C21H23N3O/c25-21(17-12-14-8-9-15(17)11-14)23-18-6-2-1-5-16(18)19-13-24-10-4-3-7-20(24)22-19/h1-2,5-6,8-9,13-15,17H,3-4,7,10-12H2,(H,23,25). The molecule has 3 unspecified atom stereocenters. The summed E-state index contributed by atoms with van der Waals surface area (Å²) >= 11 is 0. The summed E-state index contributed by atoms with van der Waals surface area (Å²) in [5, 5.41) is 3.19. The molecule has 1 saturated carbocycles. The largest absolute Gasteiger partial charge is 0.334 e. The van der Waals surface area contributed by atoms with Gasteiger partial charge in [-0.15, -0.1) is 0 Å². The lowest BCUT2D eigenvalue weighted by Gasteiger charge is -2.18. The summed E-state index contributed by atoms with van der Waals surface area (Å²) in [6.45, 7) is 1.05. The molecule has 0 radical (unpaired) electrons. The van der Waals surface area contributed by atoms with Gasteiger partial charge in [0.15, 0.2) is 0 Å². The molecule has 2 aliphatic carbocycles. The maximum absolute atomic E-state index is 12.8. The van der Waals surface area contributed by atoms with E-state index in [0.717, 1.165) is 42.8 Å². The molecule has 1 fully saturated rings. The molecule has 4 heteroatoms. The Kier molecular flexibility index (Phi) is 3.51. The van der Waals surface area contributed by atoms with E-state index in [2.05, 4.69) is 34.3 Å². The number of carbonyl (C=O) groups excluding carboxylic acids is 1. The van der Waals surface area contributed by atoms with Crippen LogP contribution in [0.2, 0.25) is 0 Å². The van der Waals surface area contributed by atoms with E-state index in [-0.39, 0.29) is 11.8 Å². The zero-order valence-electron chi connectivity index (χ0n) is 14.3. The number of nitrogens with zero attached hydrogens (tertiary/aromatic N) is 2. The van der Waals surface area contributed by atoms with Gasteiger partial charge in [0.05, 0.1) is 11.4 Å². The van der Waals surface area contributed by atoms with Crippen molar-refractivity contribution in [3.63, 3.8) is 0 Å². The predicted octanol–water partition coefficient (Wildman–Crippen LogP) is 4.04. The van der Waals surface area contributed by atoms with Crippen molar-refractivity contribution in [1.82, 2.24) is 9.55 Å². The quantitative estimate of drug-likeness (QED) is 0.862. The number of benzene rings is 1. The summed E-state index contributed by atoms with van der Waals surface area (Å²) in [4.78, 5) is 17.6. The van der Waals surface area contributed by atoms with E-state index in [1.807, 2.05) is 18.2 Å². The number of rotatable bonds is 3. The number of aromatic nitrogens is 2. The van der Waals surface area contributed by atoms with Crippen LogP contribution in [0, 0.1) is 17.8 Å². The van der Waals surface area contributed by atoms with Crippen LogP contribution in [0.25, 0.3) is 11.3 Å². The lowest BCUT2D eigenvalue weighted by molar-refractivity contribution is -0.120. The Balaban J connectivity index is 1.42. The number of aryl methyl sites for hydroxylation is 2. The maximum Gasteiger partial charge on any atom is 0.228 e. The molecular weight excluding hydrogens is 310 g/mol. The van der Waals surface area contributed by atoms with Crippen LogP contribution in [0.3, 0.4) is 0 Å². The Morgan fingerprint density at radius 2 is 2.08 bits per heavy atom. The fraction of sp³-hybridized carbons (Fsp3) is 0.429. The third-order valence-corrected chi connectivity index (χ3v) is 5.99. The number of imidazole rings is 1. The van der Waals surface area contributed by atoms with E-state index in [1.165, 1.54) is 18.7 Å². The topological polar surface area (TPSA) is 46.9 Å². The second kappa shape index (κ2) is 5.87. The second-order valence-corrected chi connectivity index (χ2v) is 7.61. The molecule has 3 aliphatic rings. The molecule has 1 aromatic heterocycles. The van der Waals surface area contributed by atoms with Crippen LogP contribution in [0.15, 0.2) is 42.6 Å². The molecule has 2 bridgehead atoms. The molecule has 3 atom stereocenters. The van der Waals surface area contributed by atoms with Crippen LogP contribution in [0.4, 0.5) is 5.69 Å². The molecule has 5 rings (SSSR count). The summed E-state index contributed by atoms with van der Waals surface area (Å²) in [5.41, 5.74) is 2.88. The zero-order chi connectivity index (χ0) is 16.8. The van der Waals surface area contributed by atoms with Gasteiger partial charge in [-0.05, 0) is 43.6 Å².